The van der Waals surface area contributed by atoms with Crippen LogP contribution in [0.4, 0.5) is 0 Å². The fourth-order valence-electron chi connectivity index (χ4n) is 2.70. The number of aryl methyl sites for hydroxylation is 2. The normalized spacial score (nSPS) is 15.2. The number of thiazole rings is 1. The van der Waals surface area contributed by atoms with Crippen molar-refractivity contribution in [1.29, 1.82) is 0 Å². The highest BCUT2D eigenvalue weighted by Gasteiger charge is 2.20. The van der Waals surface area contributed by atoms with Gasteiger partial charge in [-0.2, -0.15) is 5.10 Å². The van der Waals surface area contributed by atoms with Crippen molar-refractivity contribution in [2.45, 2.75) is 39.3 Å². The molecular weight excluding hydrogens is 312 g/mol. The summed E-state index contributed by atoms with van der Waals surface area (Å²) in [4.78, 5) is 4.51. The zero-order valence-corrected chi connectivity index (χ0v) is 14.0. The fraction of sp³-hybridized carbons (Fsp3) is 0.467. The molecule has 0 spiro atoms. The van der Waals surface area contributed by atoms with Crippen LogP contribution in [0.2, 0.25) is 0 Å². The molecule has 0 aromatic carbocycles. The molecule has 0 saturated heterocycles. The predicted octanol–water partition coefficient (Wildman–Crippen LogP) is 2.49. The van der Waals surface area contributed by atoms with Crippen molar-refractivity contribution in [3.63, 3.8) is 0 Å². The predicted molar refractivity (Wildman–Crippen MR) is 86.6 cm³/mol. The van der Waals surface area contributed by atoms with Gasteiger partial charge in [-0.3, -0.25) is 0 Å². The van der Waals surface area contributed by atoms with E-state index in [0.29, 0.717) is 0 Å². The van der Waals surface area contributed by atoms with Gasteiger partial charge in [-0.1, -0.05) is 5.21 Å². The Balaban J connectivity index is 1.55. The first-order valence-electron chi connectivity index (χ1n) is 7.72. The summed E-state index contributed by atoms with van der Waals surface area (Å²) < 4.78 is 9.51. The maximum atomic E-state index is 5.73. The zero-order valence-electron chi connectivity index (χ0n) is 13.1. The van der Waals surface area contributed by atoms with Crippen molar-refractivity contribution >= 4 is 11.3 Å². The smallest absolute Gasteiger partial charge is 0.221 e. The van der Waals surface area contributed by atoms with Gasteiger partial charge in [-0.05, 0) is 13.8 Å². The molecule has 4 rings (SSSR count). The van der Waals surface area contributed by atoms with E-state index in [0.717, 1.165) is 53.8 Å². The maximum Gasteiger partial charge on any atom is 0.221 e. The summed E-state index contributed by atoms with van der Waals surface area (Å²) in [5.41, 5.74) is 2.78. The molecular formula is C15H18N6OS. The Morgan fingerprint density at radius 2 is 2.35 bits per heavy atom. The first-order chi connectivity index (χ1) is 11.2. The number of hydrogen-bond acceptors (Lipinski definition) is 6. The molecule has 0 fully saturated rings. The van der Waals surface area contributed by atoms with Crippen molar-refractivity contribution in [1.82, 2.24) is 29.8 Å². The molecule has 3 aromatic rings. The molecule has 0 saturated carbocycles. The highest BCUT2D eigenvalue weighted by atomic mass is 32.1. The highest BCUT2D eigenvalue weighted by molar-refractivity contribution is 7.09. The summed E-state index contributed by atoms with van der Waals surface area (Å²) in [6, 6.07) is 0.203. The Morgan fingerprint density at radius 1 is 1.43 bits per heavy atom. The van der Waals surface area contributed by atoms with E-state index in [1.165, 1.54) is 0 Å². The van der Waals surface area contributed by atoms with Crippen LogP contribution >= 0.6 is 11.3 Å². The Labute approximate surface area is 137 Å². The molecule has 1 unspecified atom stereocenters. The molecule has 0 N–H and O–H groups in total. The standard InChI is InChI=1S/C15H18N6OS/c1-10-9-23-14(17-10)6-11(2)21-8-13(18-19-21)12-7-16-20-4-3-5-22-15(12)20/h7-9,11H,3-6H2,1-2H3. The summed E-state index contributed by atoms with van der Waals surface area (Å²) in [5, 5.41) is 16.1. The van der Waals surface area contributed by atoms with Crippen LogP contribution in [0.5, 0.6) is 5.88 Å². The molecule has 0 radical (unpaired) electrons. The lowest BCUT2D eigenvalue weighted by Gasteiger charge is -2.15. The molecule has 0 aliphatic carbocycles. The third kappa shape index (κ3) is 2.74. The van der Waals surface area contributed by atoms with E-state index < -0.39 is 0 Å². The van der Waals surface area contributed by atoms with Crippen molar-refractivity contribution in [2.75, 3.05) is 6.61 Å². The van der Waals surface area contributed by atoms with E-state index in [2.05, 4.69) is 32.7 Å². The van der Waals surface area contributed by atoms with Gasteiger partial charge < -0.3 is 4.74 Å². The minimum atomic E-state index is 0.203. The second-order valence-electron chi connectivity index (χ2n) is 5.81. The van der Waals surface area contributed by atoms with Gasteiger partial charge in [-0.15, -0.1) is 16.4 Å². The van der Waals surface area contributed by atoms with Crippen LogP contribution in [-0.2, 0) is 13.0 Å². The molecule has 1 aliphatic heterocycles. The largest absolute Gasteiger partial charge is 0.477 e. The van der Waals surface area contributed by atoms with Crippen LogP contribution in [0.15, 0.2) is 17.8 Å². The molecule has 1 atom stereocenters. The molecule has 1 aliphatic rings. The average Bonchev–Trinajstić information content (AvgIpc) is 3.25. The van der Waals surface area contributed by atoms with Crippen LogP contribution in [0, 0.1) is 6.92 Å². The highest BCUT2D eigenvalue weighted by Crippen LogP contribution is 2.31. The van der Waals surface area contributed by atoms with E-state index in [-0.39, 0.29) is 6.04 Å². The van der Waals surface area contributed by atoms with Gasteiger partial charge in [0.05, 0.1) is 35.6 Å². The van der Waals surface area contributed by atoms with E-state index >= 15 is 0 Å². The summed E-state index contributed by atoms with van der Waals surface area (Å²) in [6.07, 6.45) is 5.61. The minimum absolute atomic E-state index is 0.203. The Bertz CT molecular complexity index is 820. The van der Waals surface area contributed by atoms with Crippen molar-refractivity contribution in [3.8, 4) is 17.1 Å². The van der Waals surface area contributed by atoms with Crippen molar-refractivity contribution in [2.24, 2.45) is 0 Å². The van der Waals surface area contributed by atoms with Gasteiger partial charge >= 0.3 is 0 Å². The maximum absolute atomic E-state index is 5.73. The molecule has 7 nitrogen and oxygen atoms in total. The van der Waals surface area contributed by atoms with Crippen LogP contribution < -0.4 is 4.74 Å². The summed E-state index contributed by atoms with van der Waals surface area (Å²) in [5.74, 6) is 0.798. The van der Waals surface area contributed by atoms with Gasteiger partial charge in [0, 0.05) is 30.5 Å². The number of nitrogens with zero attached hydrogens (tertiary/aromatic N) is 6. The van der Waals surface area contributed by atoms with Gasteiger partial charge in [0.15, 0.2) is 0 Å². The van der Waals surface area contributed by atoms with Gasteiger partial charge in [0.1, 0.15) is 5.69 Å². The lowest BCUT2D eigenvalue weighted by Crippen LogP contribution is -2.14. The number of fused-ring (bicyclic) bond motifs is 1. The van der Waals surface area contributed by atoms with E-state index in [4.69, 9.17) is 4.74 Å². The number of ether oxygens (including phenoxy) is 1. The summed E-state index contributed by atoms with van der Waals surface area (Å²) in [6.45, 7) is 5.76. The van der Waals surface area contributed by atoms with Gasteiger partial charge in [0.25, 0.3) is 0 Å². The molecule has 120 valence electrons. The number of hydrogen-bond donors (Lipinski definition) is 0. The SMILES string of the molecule is Cc1csc(CC(C)n2cc(-c3cnn4c3OCCC4)nn2)n1. The monoisotopic (exact) mass is 330 g/mol. The topological polar surface area (TPSA) is 70.7 Å². The van der Waals surface area contributed by atoms with Crippen LogP contribution in [0.25, 0.3) is 11.3 Å². The molecule has 8 heteroatoms. The Morgan fingerprint density at radius 3 is 3.17 bits per heavy atom. The molecule has 23 heavy (non-hydrogen) atoms. The molecule has 0 bridgehead atoms. The lowest BCUT2D eigenvalue weighted by atomic mass is 10.2. The minimum Gasteiger partial charge on any atom is -0.477 e. The number of aromatic nitrogens is 6. The molecule has 3 aromatic heterocycles. The zero-order chi connectivity index (χ0) is 15.8. The van der Waals surface area contributed by atoms with E-state index in [9.17, 15) is 0 Å². The molecule has 4 heterocycles. The van der Waals surface area contributed by atoms with Gasteiger partial charge in [-0.25, -0.2) is 14.3 Å². The third-order valence-corrected chi connectivity index (χ3v) is 4.91. The Hall–Kier alpha value is -2.22. The second-order valence-corrected chi connectivity index (χ2v) is 6.75. The third-order valence-electron chi connectivity index (χ3n) is 3.92. The lowest BCUT2D eigenvalue weighted by molar-refractivity contribution is 0.231. The van der Waals surface area contributed by atoms with Gasteiger partial charge in [0.2, 0.25) is 5.88 Å². The fourth-order valence-corrected chi connectivity index (χ4v) is 3.60. The Kier molecular flexibility index (Phi) is 3.60. The molecule has 0 amide bonds. The second kappa shape index (κ2) is 5.77. The summed E-state index contributed by atoms with van der Waals surface area (Å²) in [7, 11) is 0. The van der Waals surface area contributed by atoms with Crippen LogP contribution in [-0.4, -0.2) is 36.4 Å². The first kappa shape index (κ1) is 14.4. The average molecular weight is 330 g/mol. The van der Waals surface area contributed by atoms with E-state index in [1.807, 2.05) is 28.7 Å². The van der Waals surface area contributed by atoms with Crippen LogP contribution in [0.1, 0.15) is 30.1 Å². The first-order valence-corrected chi connectivity index (χ1v) is 8.60. The quantitative estimate of drug-likeness (QED) is 0.735. The van der Waals surface area contributed by atoms with Crippen molar-refractivity contribution < 1.29 is 4.74 Å². The van der Waals surface area contributed by atoms with Crippen molar-refractivity contribution in [3.05, 3.63) is 28.5 Å². The van der Waals surface area contributed by atoms with E-state index in [1.54, 1.807) is 11.3 Å². The number of rotatable bonds is 4. The van der Waals surface area contributed by atoms with Crippen LogP contribution in [0.3, 0.4) is 0 Å². The summed E-state index contributed by atoms with van der Waals surface area (Å²) >= 11 is 1.69.